The molecule has 72 valence electrons. The summed E-state index contributed by atoms with van der Waals surface area (Å²) in [6.07, 6.45) is 0. The van der Waals surface area contributed by atoms with Crippen molar-refractivity contribution < 1.29 is 4.39 Å². The Kier molecular flexibility index (Phi) is 4.39. The molecule has 0 aliphatic heterocycles. The maximum Gasteiger partial charge on any atom is 0.102 e. The third-order valence-corrected chi connectivity index (χ3v) is 2.44. The van der Waals surface area contributed by atoms with Crippen molar-refractivity contribution in [1.29, 1.82) is 0 Å². The van der Waals surface area contributed by atoms with Crippen LogP contribution in [0, 0.1) is 0 Å². The number of rotatable bonds is 4. The van der Waals surface area contributed by atoms with Crippen molar-refractivity contribution in [3.05, 3.63) is 34.3 Å². The normalized spacial score (nSPS) is 12.8. The number of halogens is 2. The molecule has 0 bridgehead atoms. The molecule has 0 unspecified atom stereocenters. The molecule has 1 aromatic carbocycles. The fraction of sp³-hybridized carbons (Fsp3) is 0.400. The van der Waals surface area contributed by atoms with Crippen molar-refractivity contribution in [2.75, 3.05) is 13.2 Å². The molecule has 0 saturated heterocycles. The van der Waals surface area contributed by atoms with Gasteiger partial charge in [-0.3, -0.25) is 0 Å². The largest absolute Gasteiger partial charge is 0.308 e. The average Bonchev–Trinajstić information content (AvgIpc) is 2.15. The van der Waals surface area contributed by atoms with Gasteiger partial charge in [0.1, 0.15) is 6.67 Å². The van der Waals surface area contributed by atoms with E-state index in [0.717, 1.165) is 4.47 Å². The topological polar surface area (TPSA) is 12.0 Å². The standard InChI is InChI=1S/C10H13BrFN/c1-8(13-7-6-12)9-2-4-10(11)5-3-9/h2-5,8,13H,6-7H2,1H3/t8-/m1/s1. The van der Waals surface area contributed by atoms with Crippen molar-refractivity contribution >= 4 is 15.9 Å². The van der Waals surface area contributed by atoms with Gasteiger partial charge in [0.2, 0.25) is 0 Å². The predicted octanol–water partition coefficient (Wildman–Crippen LogP) is 3.07. The van der Waals surface area contributed by atoms with E-state index < -0.39 is 0 Å². The second kappa shape index (κ2) is 5.35. The molecule has 3 heteroatoms. The zero-order valence-corrected chi connectivity index (χ0v) is 9.14. The second-order valence-electron chi connectivity index (χ2n) is 2.92. The maximum absolute atomic E-state index is 11.9. The van der Waals surface area contributed by atoms with Gasteiger partial charge >= 0.3 is 0 Å². The molecule has 0 saturated carbocycles. The van der Waals surface area contributed by atoms with Crippen LogP contribution in [0.3, 0.4) is 0 Å². The third-order valence-electron chi connectivity index (χ3n) is 1.92. The van der Waals surface area contributed by atoms with E-state index in [9.17, 15) is 4.39 Å². The summed E-state index contributed by atoms with van der Waals surface area (Å²) in [5, 5.41) is 3.08. The molecule has 1 rings (SSSR count). The molecular weight excluding hydrogens is 233 g/mol. The number of alkyl halides is 1. The lowest BCUT2D eigenvalue weighted by molar-refractivity contribution is 0.444. The van der Waals surface area contributed by atoms with Crippen LogP contribution in [0.4, 0.5) is 4.39 Å². The Morgan fingerprint density at radius 1 is 1.38 bits per heavy atom. The van der Waals surface area contributed by atoms with E-state index in [-0.39, 0.29) is 12.7 Å². The van der Waals surface area contributed by atoms with E-state index in [1.165, 1.54) is 5.56 Å². The summed E-state index contributed by atoms with van der Waals surface area (Å²) in [5.41, 5.74) is 1.18. The first-order chi connectivity index (χ1) is 6.24. The molecule has 1 atom stereocenters. The van der Waals surface area contributed by atoms with Gasteiger partial charge in [-0.2, -0.15) is 0 Å². The minimum absolute atomic E-state index is 0.212. The van der Waals surface area contributed by atoms with E-state index >= 15 is 0 Å². The number of hydrogen-bond acceptors (Lipinski definition) is 1. The van der Waals surface area contributed by atoms with Gasteiger partial charge in [-0.05, 0) is 24.6 Å². The minimum Gasteiger partial charge on any atom is -0.308 e. The molecule has 1 N–H and O–H groups in total. The Morgan fingerprint density at radius 3 is 2.54 bits per heavy atom. The highest BCUT2D eigenvalue weighted by atomic mass is 79.9. The highest BCUT2D eigenvalue weighted by molar-refractivity contribution is 9.10. The van der Waals surface area contributed by atoms with Gasteiger partial charge < -0.3 is 5.32 Å². The van der Waals surface area contributed by atoms with Gasteiger partial charge in [0.15, 0.2) is 0 Å². The molecular formula is C10H13BrFN. The Morgan fingerprint density at radius 2 is 2.00 bits per heavy atom. The van der Waals surface area contributed by atoms with Crippen molar-refractivity contribution in [3.8, 4) is 0 Å². The van der Waals surface area contributed by atoms with Crippen LogP contribution in [0.2, 0.25) is 0 Å². The summed E-state index contributed by atoms with van der Waals surface area (Å²) in [4.78, 5) is 0. The molecule has 0 aliphatic rings. The van der Waals surface area contributed by atoms with Crippen molar-refractivity contribution in [2.45, 2.75) is 13.0 Å². The summed E-state index contributed by atoms with van der Waals surface area (Å²) < 4.78 is 12.9. The van der Waals surface area contributed by atoms with E-state index in [2.05, 4.69) is 21.2 Å². The van der Waals surface area contributed by atoms with Crippen molar-refractivity contribution in [1.82, 2.24) is 5.32 Å². The monoisotopic (exact) mass is 245 g/mol. The van der Waals surface area contributed by atoms with Gasteiger partial charge in [-0.1, -0.05) is 28.1 Å². The van der Waals surface area contributed by atoms with Crippen LogP contribution >= 0.6 is 15.9 Å². The van der Waals surface area contributed by atoms with Crippen LogP contribution in [-0.2, 0) is 0 Å². The smallest absolute Gasteiger partial charge is 0.102 e. The van der Waals surface area contributed by atoms with Gasteiger partial charge in [0.25, 0.3) is 0 Å². The fourth-order valence-electron chi connectivity index (χ4n) is 1.14. The van der Waals surface area contributed by atoms with E-state index in [4.69, 9.17) is 0 Å². The van der Waals surface area contributed by atoms with E-state index in [1.807, 2.05) is 31.2 Å². The Labute approximate surface area is 86.5 Å². The first kappa shape index (κ1) is 10.7. The average molecular weight is 246 g/mol. The lowest BCUT2D eigenvalue weighted by Gasteiger charge is -2.12. The lowest BCUT2D eigenvalue weighted by Crippen LogP contribution is -2.20. The van der Waals surface area contributed by atoms with Crippen LogP contribution in [0.1, 0.15) is 18.5 Å². The summed E-state index contributed by atoms with van der Waals surface area (Å²) >= 11 is 3.37. The van der Waals surface area contributed by atoms with Crippen molar-refractivity contribution in [2.24, 2.45) is 0 Å². The number of nitrogens with one attached hydrogen (secondary N) is 1. The molecule has 1 nitrogen and oxygen atoms in total. The predicted molar refractivity (Wildman–Crippen MR) is 56.5 cm³/mol. The highest BCUT2D eigenvalue weighted by Gasteiger charge is 2.02. The summed E-state index contributed by atoms with van der Waals surface area (Å²) in [7, 11) is 0. The Bertz CT molecular complexity index is 248. The molecule has 1 aromatic rings. The summed E-state index contributed by atoms with van der Waals surface area (Å²) in [6.45, 7) is 2.12. The highest BCUT2D eigenvalue weighted by Crippen LogP contribution is 2.15. The van der Waals surface area contributed by atoms with E-state index in [1.54, 1.807) is 0 Å². The fourth-order valence-corrected chi connectivity index (χ4v) is 1.40. The third kappa shape index (κ3) is 3.44. The lowest BCUT2D eigenvalue weighted by atomic mass is 10.1. The first-order valence-electron chi connectivity index (χ1n) is 4.29. The molecule has 0 heterocycles. The molecule has 0 radical (unpaired) electrons. The van der Waals surface area contributed by atoms with Crippen LogP contribution < -0.4 is 5.32 Å². The van der Waals surface area contributed by atoms with Gasteiger partial charge in [-0.25, -0.2) is 4.39 Å². The van der Waals surface area contributed by atoms with Crippen LogP contribution in [0.5, 0.6) is 0 Å². The first-order valence-corrected chi connectivity index (χ1v) is 5.08. The van der Waals surface area contributed by atoms with Gasteiger partial charge in [0, 0.05) is 17.1 Å². The van der Waals surface area contributed by atoms with Crippen molar-refractivity contribution in [3.63, 3.8) is 0 Å². The van der Waals surface area contributed by atoms with Crippen LogP contribution in [0.15, 0.2) is 28.7 Å². The Hall–Kier alpha value is -0.410. The molecule has 0 aromatic heterocycles. The number of benzene rings is 1. The molecule has 0 aliphatic carbocycles. The van der Waals surface area contributed by atoms with Gasteiger partial charge in [-0.15, -0.1) is 0 Å². The molecule has 13 heavy (non-hydrogen) atoms. The molecule has 0 fully saturated rings. The van der Waals surface area contributed by atoms with Crippen LogP contribution in [-0.4, -0.2) is 13.2 Å². The zero-order chi connectivity index (χ0) is 9.68. The van der Waals surface area contributed by atoms with Gasteiger partial charge in [0.05, 0.1) is 0 Å². The molecule has 0 spiro atoms. The maximum atomic E-state index is 11.9. The SMILES string of the molecule is C[C@@H](NCCF)c1ccc(Br)cc1. The summed E-state index contributed by atoms with van der Waals surface area (Å²) in [5.74, 6) is 0. The minimum atomic E-state index is -0.319. The Balaban J connectivity index is 2.55. The summed E-state index contributed by atoms with van der Waals surface area (Å²) in [6, 6.07) is 8.25. The van der Waals surface area contributed by atoms with E-state index in [0.29, 0.717) is 6.54 Å². The molecule has 0 amide bonds. The zero-order valence-electron chi connectivity index (χ0n) is 7.56. The quantitative estimate of drug-likeness (QED) is 0.860. The number of hydrogen-bond donors (Lipinski definition) is 1. The van der Waals surface area contributed by atoms with Crippen LogP contribution in [0.25, 0.3) is 0 Å². The second-order valence-corrected chi connectivity index (χ2v) is 3.83.